The number of hydrogen-bond donors (Lipinski definition) is 1. The number of anilines is 1. The molecule has 1 heterocycles. The predicted molar refractivity (Wildman–Crippen MR) is 93.4 cm³/mol. The lowest BCUT2D eigenvalue weighted by Gasteiger charge is -2.23. The maximum absolute atomic E-state index is 12.7. The van der Waals surface area contributed by atoms with Crippen LogP contribution in [0.15, 0.2) is 12.1 Å². The van der Waals surface area contributed by atoms with E-state index in [4.69, 9.17) is 11.6 Å². The Kier molecular flexibility index (Phi) is 5.70. The van der Waals surface area contributed by atoms with E-state index >= 15 is 0 Å². The highest BCUT2D eigenvalue weighted by Crippen LogP contribution is 2.30. The molecule has 1 atom stereocenters. The smallest absolute Gasteiger partial charge is 0.242 e. The van der Waals surface area contributed by atoms with Crippen molar-refractivity contribution in [1.29, 1.82) is 0 Å². The zero-order valence-corrected chi connectivity index (χ0v) is 15.3. The van der Waals surface area contributed by atoms with E-state index in [1.165, 1.54) is 4.31 Å². The largest absolute Gasteiger partial charge is 0.324 e. The van der Waals surface area contributed by atoms with Crippen LogP contribution < -0.4 is 5.32 Å². The fraction of sp³-hybridized carbons (Fsp3) is 0.562. The number of benzene rings is 1. The number of nitrogens with one attached hydrogen (secondary N) is 1. The first kappa shape index (κ1) is 18.2. The zero-order valence-electron chi connectivity index (χ0n) is 13.7. The molecule has 0 radical (unpaired) electrons. The number of halogens is 1. The molecule has 1 aliphatic heterocycles. The topological polar surface area (TPSA) is 66.5 Å². The van der Waals surface area contributed by atoms with Crippen LogP contribution in [0.3, 0.4) is 0 Å². The molecule has 5 nitrogen and oxygen atoms in total. The molecule has 1 saturated heterocycles. The van der Waals surface area contributed by atoms with E-state index in [9.17, 15) is 13.2 Å². The number of carbonyl (C=O) groups excluding carboxylic acids is 1. The van der Waals surface area contributed by atoms with Crippen LogP contribution in [0.2, 0.25) is 5.02 Å². The SMILES string of the molecule is CCc1ccc(Cl)c(CC)c1NC(=O)[C@H]1CCCN1S(C)(=O)=O. The van der Waals surface area contributed by atoms with E-state index in [0.717, 1.165) is 29.5 Å². The summed E-state index contributed by atoms with van der Waals surface area (Å²) in [6.07, 6.45) is 3.85. The van der Waals surface area contributed by atoms with Gasteiger partial charge in [0, 0.05) is 17.3 Å². The Bertz CT molecular complexity index is 704. The minimum atomic E-state index is -3.38. The van der Waals surface area contributed by atoms with E-state index in [0.29, 0.717) is 30.8 Å². The summed E-state index contributed by atoms with van der Waals surface area (Å²) in [6.45, 7) is 4.39. The quantitative estimate of drug-likeness (QED) is 0.880. The Hall–Kier alpha value is -1.11. The van der Waals surface area contributed by atoms with Crippen molar-refractivity contribution in [2.45, 2.75) is 45.6 Å². The van der Waals surface area contributed by atoms with Gasteiger partial charge in [-0.15, -0.1) is 0 Å². The van der Waals surface area contributed by atoms with Crippen LogP contribution in [-0.4, -0.2) is 37.5 Å². The highest BCUT2D eigenvalue weighted by molar-refractivity contribution is 7.88. The molecule has 1 N–H and O–H groups in total. The first-order chi connectivity index (χ1) is 10.8. The molecule has 7 heteroatoms. The number of nitrogens with zero attached hydrogens (tertiary/aromatic N) is 1. The van der Waals surface area contributed by atoms with Crippen molar-refractivity contribution in [2.75, 3.05) is 18.1 Å². The molecule has 0 unspecified atom stereocenters. The Balaban J connectivity index is 2.32. The van der Waals surface area contributed by atoms with Crippen molar-refractivity contribution in [3.05, 3.63) is 28.3 Å². The molecule has 1 aromatic rings. The second-order valence-corrected chi connectivity index (χ2v) is 8.13. The van der Waals surface area contributed by atoms with Gasteiger partial charge in [0.05, 0.1) is 6.26 Å². The van der Waals surface area contributed by atoms with Gasteiger partial charge in [-0.3, -0.25) is 4.79 Å². The Morgan fingerprint density at radius 3 is 2.61 bits per heavy atom. The van der Waals surface area contributed by atoms with Gasteiger partial charge in [0.1, 0.15) is 6.04 Å². The van der Waals surface area contributed by atoms with Crippen LogP contribution in [0.1, 0.15) is 37.8 Å². The average Bonchev–Trinajstić information content (AvgIpc) is 2.97. The first-order valence-corrected chi connectivity index (χ1v) is 10.1. The van der Waals surface area contributed by atoms with Crippen LogP contribution >= 0.6 is 11.6 Å². The predicted octanol–water partition coefficient (Wildman–Crippen LogP) is 2.83. The maximum atomic E-state index is 12.7. The third kappa shape index (κ3) is 3.87. The lowest BCUT2D eigenvalue weighted by atomic mass is 10.0. The fourth-order valence-corrected chi connectivity index (χ4v) is 4.49. The van der Waals surface area contributed by atoms with Gasteiger partial charge in [-0.1, -0.05) is 31.5 Å². The number of carbonyl (C=O) groups is 1. The molecule has 2 rings (SSSR count). The molecule has 0 aromatic heterocycles. The summed E-state index contributed by atoms with van der Waals surface area (Å²) in [5.74, 6) is -0.278. The van der Waals surface area contributed by atoms with Gasteiger partial charge in [0.2, 0.25) is 15.9 Å². The number of amides is 1. The Morgan fingerprint density at radius 2 is 2.04 bits per heavy atom. The van der Waals surface area contributed by atoms with E-state index in [2.05, 4.69) is 5.32 Å². The molecule has 1 aromatic carbocycles. The van der Waals surface area contributed by atoms with Gasteiger partial charge < -0.3 is 5.32 Å². The minimum Gasteiger partial charge on any atom is -0.324 e. The van der Waals surface area contributed by atoms with Crippen LogP contribution in [-0.2, 0) is 27.7 Å². The Labute approximate surface area is 143 Å². The van der Waals surface area contributed by atoms with Gasteiger partial charge in [0.25, 0.3) is 0 Å². The van der Waals surface area contributed by atoms with Gasteiger partial charge in [-0.25, -0.2) is 8.42 Å². The summed E-state index contributed by atoms with van der Waals surface area (Å²) in [5.41, 5.74) is 2.62. The molecule has 1 amide bonds. The van der Waals surface area contributed by atoms with Gasteiger partial charge in [0.15, 0.2) is 0 Å². The lowest BCUT2D eigenvalue weighted by Crippen LogP contribution is -2.42. The highest BCUT2D eigenvalue weighted by Gasteiger charge is 2.36. The van der Waals surface area contributed by atoms with Gasteiger partial charge in [-0.05, 0) is 42.9 Å². The summed E-state index contributed by atoms with van der Waals surface area (Å²) >= 11 is 6.25. The second-order valence-electron chi connectivity index (χ2n) is 5.79. The molecule has 0 aliphatic carbocycles. The van der Waals surface area contributed by atoms with E-state index in [1.54, 1.807) is 0 Å². The first-order valence-electron chi connectivity index (χ1n) is 7.87. The van der Waals surface area contributed by atoms with E-state index in [-0.39, 0.29) is 5.91 Å². The molecule has 0 saturated carbocycles. The molecular formula is C16H23ClN2O3S. The van der Waals surface area contributed by atoms with Crippen molar-refractivity contribution in [3.8, 4) is 0 Å². The van der Waals surface area contributed by atoms with E-state index < -0.39 is 16.1 Å². The summed E-state index contributed by atoms with van der Waals surface area (Å²) in [5, 5.41) is 3.55. The zero-order chi connectivity index (χ0) is 17.2. The number of sulfonamides is 1. The van der Waals surface area contributed by atoms with Crippen molar-refractivity contribution >= 4 is 33.2 Å². The van der Waals surface area contributed by atoms with Crippen molar-refractivity contribution in [1.82, 2.24) is 4.31 Å². The lowest BCUT2D eigenvalue weighted by molar-refractivity contribution is -0.119. The standard InChI is InChI=1S/C16H23ClN2O3S/c1-4-11-8-9-13(17)12(5-2)15(11)18-16(20)14-7-6-10-19(14)23(3,21)22/h8-9,14H,4-7,10H2,1-3H3,(H,18,20)/t14-/m1/s1. The van der Waals surface area contributed by atoms with Crippen molar-refractivity contribution in [2.24, 2.45) is 0 Å². The minimum absolute atomic E-state index is 0.278. The molecule has 1 aliphatic rings. The number of aryl methyl sites for hydroxylation is 1. The van der Waals surface area contributed by atoms with Crippen molar-refractivity contribution < 1.29 is 13.2 Å². The molecule has 128 valence electrons. The molecule has 0 bridgehead atoms. The van der Waals surface area contributed by atoms with Crippen LogP contribution in [0.4, 0.5) is 5.69 Å². The molecule has 0 spiro atoms. The van der Waals surface area contributed by atoms with Crippen LogP contribution in [0.5, 0.6) is 0 Å². The molecular weight excluding hydrogens is 336 g/mol. The highest BCUT2D eigenvalue weighted by atomic mass is 35.5. The Morgan fingerprint density at radius 1 is 1.35 bits per heavy atom. The van der Waals surface area contributed by atoms with Crippen LogP contribution in [0.25, 0.3) is 0 Å². The number of rotatable bonds is 5. The summed E-state index contributed by atoms with van der Waals surface area (Å²) in [4.78, 5) is 12.7. The average molecular weight is 359 g/mol. The summed E-state index contributed by atoms with van der Waals surface area (Å²) in [6, 6.07) is 3.10. The van der Waals surface area contributed by atoms with Crippen LogP contribution in [0, 0.1) is 0 Å². The number of hydrogen-bond acceptors (Lipinski definition) is 3. The fourth-order valence-electron chi connectivity index (χ4n) is 3.07. The normalized spacial score (nSPS) is 19.0. The molecule has 23 heavy (non-hydrogen) atoms. The maximum Gasteiger partial charge on any atom is 0.242 e. The third-order valence-electron chi connectivity index (χ3n) is 4.26. The van der Waals surface area contributed by atoms with Crippen molar-refractivity contribution in [3.63, 3.8) is 0 Å². The second kappa shape index (κ2) is 7.20. The molecule has 1 fully saturated rings. The summed E-state index contributed by atoms with van der Waals surface area (Å²) in [7, 11) is -3.38. The van der Waals surface area contributed by atoms with Gasteiger partial charge >= 0.3 is 0 Å². The van der Waals surface area contributed by atoms with E-state index in [1.807, 2.05) is 26.0 Å². The monoisotopic (exact) mass is 358 g/mol. The summed E-state index contributed by atoms with van der Waals surface area (Å²) < 4.78 is 24.9. The third-order valence-corrected chi connectivity index (χ3v) is 5.90. The van der Waals surface area contributed by atoms with Gasteiger partial charge in [-0.2, -0.15) is 4.31 Å².